The molecular weight excluding hydrogens is 438 g/mol. The third-order valence-electron chi connectivity index (χ3n) is 5.68. The molecule has 2 fully saturated rings. The first-order valence-corrected chi connectivity index (χ1v) is 11.5. The van der Waals surface area contributed by atoms with Crippen molar-refractivity contribution >= 4 is 29.0 Å². The number of aromatic amines is 2. The molecule has 0 spiro atoms. The zero-order valence-corrected chi connectivity index (χ0v) is 19.4. The van der Waals surface area contributed by atoms with E-state index < -0.39 is 5.79 Å². The number of fused-ring (bicyclic) bond motifs is 1. The molecule has 5 rings (SSSR count). The summed E-state index contributed by atoms with van der Waals surface area (Å²) in [6.45, 7) is 7.55. The van der Waals surface area contributed by atoms with Gasteiger partial charge in [0.1, 0.15) is 0 Å². The molecule has 4 heterocycles. The summed E-state index contributed by atoms with van der Waals surface area (Å²) in [7, 11) is 0. The summed E-state index contributed by atoms with van der Waals surface area (Å²) < 4.78 is 22.8. The molecule has 180 valence electrons. The first-order valence-electron chi connectivity index (χ1n) is 11.5. The molecule has 2 aliphatic rings. The predicted octanol–water partition coefficient (Wildman–Crippen LogP) is 1.98. The molecular formula is C23H30N7O4+. The maximum Gasteiger partial charge on any atom is 0.404 e. The van der Waals surface area contributed by atoms with E-state index in [1.165, 1.54) is 0 Å². The van der Waals surface area contributed by atoms with Gasteiger partial charge in [-0.3, -0.25) is 4.90 Å². The molecule has 0 amide bonds. The predicted molar refractivity (Wildman–Crippen MR) is 126 cm³/mol. The number of rotatable bonds is 8. The van der Waals surface area contributed by atoms with Crippen molar-refractivity contribution in [3.8, 4) is 6.01 Å². The van der Waals surface area contributed by atoms with Crippen LogP contribution in [0.3, 0.4) is 0 Å². The van der Waals surface area contributed by atoms with Crippen LogP contribution in [0.1, 0.15) is 25.8 Å². The smallest absolute Gasteiger partial charge is 0.404 e. The fourth-order valence-electron chi connectivity index (χ4n) is 3.97. The number of benzene rings is 1. The number of ether oxygens (including phenoxy) is 4. The van der Waals surface area contributed by atoms with Crippen LogP contribution in [0.5, 0.6) is 6.01 Å². The van der Waals surface area contributed by atoms with Gasteiger partial charge in [-0.25, -0.2) is 10.4 Å². The molecule has 11 nitrogen and oxygen atoms in total. The highest BCUT2D eigenvalue weighted by molar-refractivity contribution is 5.99. The van der Waals surface area contributed by atoms with Crippen LogP contribution in [0.2, 0.25) is 0 Å². The summed E-state index contributed by atoms with van der Waals surface area (Å²) in [6.07, 6.45) is 4.34. The first kappa shape index (κ1) is 22.5. The average molecular weight is 469 g/mol. The van der Waals surface area contributed by atoms with Gasteiger partial charge in [0.25, 0.3) is 0 Å². The molecule has 1 aromatic carbocycles. The topological polar surface area (TPSA) is 120 Å². The number of nitrogens with one attached hydrogen (secondary N) is 3. The third kappa shape index (κ3) is 5.44. The molecule has 2 aromatic heterocycles. The van der Waals surface area contributed by atoms with E-state index in [1.807, 2.05) is 44.3 Å². The minimum Gasteiger partial charge on any atom is -0.447 e. The zero-order chi connectivity index (χ0) is 23.4. The summed E-state index contributed by atoms with van der Waals surface area (Å²) in [6, 6.07) is 8.42. The van der Waals surface area contributed by atoms with E-state index in [4.69, 9.17) is 18.9 Å². The second-order valence-electron chi connectivity index (χ2n) is 8.65. The Morgan fingerprint density at radius 1 is 1.29 bits per heavy atom. The van der Waals surface area contributed by atoms with Crippen LogP contribution >= 0.6 is 0 Å². The Labute approximate surface area is 197 Å². The summed E-state index contributed by atoms with van der Waals surface area (Å²) in [5.74, 6) is 0.447. The van der Waals surface area contributed by atoms with Gasteiger partial charge in [-0.15, -0.1) is 0 Å². The monoisotopic (exact) mass is 468 g/mol. The van der Waals surface area contributed by atoms with E-state index in [0.29, 0.717) is 50.8 Å². The number of morpholine rings is 1. The van der Waals surface area contributed by atoms with Crippen LogP contribution in [0.25, 0.3) is 10.9 Å². The molecule has 1 unspecified atom stereocenters. The van der Waals surface area contributed by atoms with Gasteiger partial charge in [-0.1, -0.05) is 23.2 Å². The van der Waals surface area contributed by atoms with Crippen molar-refractivity contribution < 1.29 is 23.9 Å². The Balaban J connectivity index is 1.28. The first-order chi connectivity index (χ1) is 16.6. The minimum absolute atomic E-state index is 0.00563. The number of nitrogens with zero attached hydrogens (tertiary/aromatic N) is 4. The number of aromatic nitrogens is 4. The third-order valence-corrected chi connectivity index (χ3v) is 5.68. The number of hydrazone groups is 1. The van der Waals surface area contributed by atoms with E-state index in [1.54, 1.807) is 6.21 Å². The lowest BCUT2D eigenvalue weighted by Crippen LogP contribution is -2.40. The van der Waals surface area contributed by atoms with Crippen molar-refractivity contribution in [3.05, 3.63) is 36.0 Å². The van der Waals surface area contributed by atoms with Crippen LogP contribution in [0.15, 0.2) is 35.6 Å². The van der Waals surface area contributed by atoms with Gasteiger partial charge in [0.05, 0.1) is 51.8 Å². The number of hydrogen-bond donors (Lipinski definition) is 2. The Kier molecular flexibility index (Phi) is 6.57. The lowest BCUT2D eigenvalue weighted by atomic mass is 10.2. The van der Waals surface area contributed by atoms with Crippen molar-refractivity contribution in [1.29, 1.82) is 0 Å². The minimum atomic E-state index is -0.547. The van der Waals surface area contributed by atoms with Crippen LogP contribution < -0.4 is 20.0 Å². The standard InChI is InChI=1S/C23H29N7O4/c1-23(2)33-15-17(34-23)7-10-32-22-27-20(26-21(28-22)30-8-11-31-12-9-30)29-25-14-16-13-24-19-6-4-3-5-18(16)19/h3-6,13-14,17,24H,7-12,15H2,1-2H3,(H,26,27,28,29)/p+1/b25-14+. The Morgan fingerprint density at radius 2 is 2.15 bits per heavy atom. The average Bonchev–Trinajstić information content (AvgIpc) is 3.42. The lowest BCUT2D eigenvalue weighted by Gasteiger charge is -2.22. The molecule has 0 bridgehead atoms. The van der Waals surface area contributed by atoms with Gasteiger partial charge >= 0.3 is 17.9 Å². The van der Waals surface area contributed by atoms with Crippen molar-refractivity contribution in [2.75, 3.05) is 49.8 Å². The van der Waals surface area contributed by atoms with Crippen molar-refractivity contribution in [2.24, 2.45) is 5.10 Å². The van der Waals surface area contributed by atoms with Crippen molar-refractivity contribution in [1.82, 2.24) is 15.0 Å². The number of para-hydroxylation sites is 1. The quantitative estimate of drug-likeness (QED) is 0.380. The number of anilines is 2. The molecule has 3 aromatic rings. The summed E-state index contributed by atoms with van der Waals surface area (Å²) in [5.41, 5.74) is 4.97. The Hall–Kier alpha value is -3.28. The van der Waals surface area contributed by atoms with Crippen molar-refractivity contribution in [2.45, 2.75) is 32.2 Å². The molecule has 0 aliphatic carbocycles. The van der Waals surface area contributed by atoms with Crippen LogP contribution in [-0.2, 0) is 14.2 Å². The number of H-pyrrole nitrogens is 2. The highest BCUT2D eigenvalue weighted by Crippen LogP contribution is 2.24. The molecule has 1 atom stereocenters. The fraction of sp³-hybridized carbons (Fsp3) is 0.478. The van der Waals surface area contributed by atoms with E-state index in [9.17, 15) is 0 Å². The lowest BCUT2D eigenvalue weighted by molar-refractivity contribution is -0.390. The Bertz CT molecular complexity index is 1140. The summed E-state index contributed by atoms with van der Waals surface area (Å²) in [4.78, 5) is 17.6. The van der Waals surface area contributed by atoms with Crippen LogP contribution in [0, 0.1) is 0 Å². The van der Waals surface area contributed by atoms with E-state index >= 15 is 0 Å². The van der Waals surface area contributed by atoms with E-state index in [-0.39, 0.29) is 6.10 Å². The van der Waals surface area contributed by atoms with Gasteiger partial charge < -0.3 is 23.9 Å². The highest BCUT2D eigenvalue weighted by atomic mass is 16.7. The van der Waals surface area contributed by atoms with E-state index in [0.717, 1.165) is 29.6 Å². The fourth-order valence-corrected chi connectivity index (χ4v) is 3.97. The van der Waals surface area contributed by atoms with Gasteiger partial charge in [0.2, 0.25) is 0 Å². The van der Waals surface area contributed by atoms with Gasteiger partial charge in [-0.05, 0) is 24.9 Å². The SMILES string of the molecule is CC1(C)OCC(CCOc2nc(N/N=C/c3c[nH]c4ccccc34)nc(N3CCOCC3)[nH+]2)O1. The largest absolute Gasteiger partial charge is 0.447 e. The summed E-state index contributed by atoms with van der Waals surface area (Å²) >= 11 is 0. The van der Waals surface area contributed by atoms with Crippen LogP contribution in [0.4, 0.5) is 11.9 Å². The molecule has 0 saturated carbocycles. The molecule has 2 saturated heterocycles. The molecule has 0 radical (unpaired) electrons. The number of hydrogen-bond acceptors (Lipinski definition) is 9. The molecule has 11 heteroatoms. The molecule has 3 N–H and O–H groups in total. The molecule has 2 aliphatic heterocycles. The zero-order valence-electron chi connectivity index (χ0n) is 19.4. The van der Waals surface area contributed by atoms with Crippen LogP contribution in [-0.4, -0.2) is 72.6 Å². The normalized spacial score (nSPS) is 20.3. The second-order valence-corrected chi connectivity index (χ2v) is 8.65. The maximum atomic E-state index is 5.92. The summed E-state index contributed by atoms with van der Waals surface area (Å²) in [5, 5.41) is 5.44. The maximum absolute atomic E-state index is 5.92. The highest BCUT2D eigenvalue weighted by Gasteiger charge is 2.32. The second kappa shape index (κ2) is 9.92. The van der Waals surface area contributed by atoms with Gasteiger partial charge in [0, 0.05) is 29.1 Å². The van der Waals surface area contributed by atoms with E-state index in [2.05, 4.69) is 35.4 Å². The van der Waals surface area contributed by atoms with Crippen molar-refractivity contribution in [3.63, 3.8) is 0 Å². The van der Waals surface area contributed by atoms with Gasteiger partial charge in [-0.2, -0.15) is 5.10 Å². The molecule has 34 heavy (non-hydrogen) atoms. The van der Waals surface area contributed by atoms with Gasteiger partial charge in [0.15, 0.2) is 5.79 Å². The Morgan fingerprint density at radius 3 is 2.97 bits per heavy atom.